The molecule has 0 bridgehead atoms. The Morgan fingerprint density at radius 2 is 1.87 bits per heavy atom. The highest BCUT2D eigenvalue weighted by atomic mass is 35.5. The number of nitrogens with zero attached hydrogens (tertiary/aromatic N) is 3. The smallest absolute Gasteiger partial charge is 0.416 e. The fraction of sp³-hybridized carbons (Fsp3) is 0.158. The molecule has 156 valence electrons. The van der Waals surface area contributed by atoms with Gasteiger partial charge in [0.05, 0.1) is 16.3 Å². The standard InChI is InChI=1S/C19H13ClF3N3O3S/c20-14-10-16(18-25-30(27,28)8-7-26(18)11-14)12-1-3-15(4-2-12)29-17-9-13(5-6-24-17)19(21,22)23/h1-6,9-11H,7-8H2. The van der Waals surface area contributed by atoms with E-state index in [-0.39, 0.29) is 29.8 Å². The summed E-state index contributed by atoms with van der Waals surface area (Å²) >= 11 is 6.16. The third-order valence-corrected chi connectivity index (χ3v) is 5.70. The van der Waals surface area contributed by atoms with E-state index in [4.69, 9.17) is 16.3 Å². The number of ether oxygens (including phenoxy) is 1. The Morgan fingerprint density at radius 1 is 1.13 bits per heavy atom. The number of hydrogen-bond acceptors (Lipinski definition) is 5. The van der Waals surface area contributed by atoms with Gasteiger partial charge in [-0.05, 0) is 29.8 Å². The number of aromatic nitrogens is 1. The van der Waals surface area contributed by atoms with Gasteiger partial charge in [-0.15, -0.1) is 4.40 Å². The first-order valence-electron chi connectivity index (χ1n) is 8.61. The molecule has 2 aliphatic rings. The van der Waals surface area contributed by atoms with Gasteiger partial charge in [-0.1, -0.05) is 23.7 Å². The van der Waals surface area contributed by atoms with Crippen molar-refractivity contribution in [2.24, 2.45) is 4.40 Å². The average Bonchev–Trinajstić information content (AvgIpc) is 2.68. The van der Waals surface area contributed by atoms with Crippen molar-refractivity contribution in [2.75, 3.05) is 12.3 Å². The fourth-order valence-corrected chi connectivity index (χ4v) is 4.16. The lowest BCUT2D eigenvalue weighted by Crippen LogP contribution is -2.38. The van der Waals surface area contributed by atoms with E-state index in [1.165, 1.54) is 12.1 Å². The number of pyridine rings is 1. The molecule has 0 fully saturated rings. The van der Waals surface area contributed by atoms with Crippen molar-refractivity contribution in [3.05, 3.63) is 71.0 Å². The van der Waals surface area contributed by atoms with Crippen molar-refractivity contribution in [3.63, 3.8) is 0 Å². The average molecular weight is 456 g/mol. The molecular weight excluding hydrogens is 443 g/mol. The summed E-state index contributed by atoms with van der Waals surface area (Å²) in [5.41, 5.74) is 0.260. The summed E-state index contributed by atoms with van der Waals surface area (Å²) in [6.07, 6.45) is -0.278. The zero-order valence-corrected chi connectivity index (χ0v) is 16.7. The van der Waals surface area contributed by atoms with E-state index in [2.05, 4.69) is 9.38 Å². The molecule has 11 heteroatoms. The topological polar surface area (TPSA) is 71.9 Å². The maximum Gasteiger partial charge on any atom is 0.416 e. The third-order valence-electron chi connectivity index (χ3n) is 4.34. The number of halogens is 4. The fourth-order valence-electron chi connectivity index (χ4n) is 2.94. The summed E-state index contributed by atoms with van der Waals surface area (Å²) in [7, 11) is -3.57. The summed E-state index contributed by atoms with van der Waals surface area (Å²) < 4.78 is 71.6. The van der Waals surface area contributed by atoms with Crippen LogP contribution in [0.1, 0.15) is 11.1 Å². The van der Waals surface area contributed by atoms with Crippen molar-refractivity contribution in [1.29, 1.82) is 0 Å². The van der Waals surface area contributed by atoms with Crippen molar-refractivity contribution in [3.8, 4) is 11.6 Å². The Morgan fingerprint density at radius 3 is 2.57 bits per heavy atom. The van der Waals surface area contributed by atoms with Crippen LogP contribution >= 0.6 is 11.6 Å². The summed E-state index contributed by atoms with van der Waals surface area (Å²) in [6, 6.07) is 7.99. The van der Waals surface area contributed by atoms with Gasteiger partial charge in [0, 0.05) is 30.6 Å². The van der Waals surface area contributed by atoms with E-state index in [1.54, 1.807) is 29.3 Å². The van der Waals surface area contributed by atoms with Gasteiger partial charge in [-0.25, -0.2) is 13.4 Å². The Balaban J connectivity index is 1.61. The quantitative estimate of drug-likeness (QED) is 0.685. The Kier molecular flexibility index (Phi) is 5.07. The van der Waals surface area contributed by atoms with Crippen molar-refractivity contribution < 1.29 is 26.3 Å². The number of amidine groups is 1. The van der Waals surface area contributed by atoms with Crippen LogP contribution in [0.25, 0.3) is 5.57 Å². The minimum atomic E-state index is -4.50. The predicted molar refractivity (Wildman–Crippen MR) is 106 cm³/mol. The van der Waals surface area contributed by atoms with E-state index < -0.39 is 21.8 Å². The molecule has 2 aromatic rings. The lowest BCUT2D eigenvalue weighted by atomic mass is 10.0. The van der Waals surface area contributed by atoms with Crippen LogP contribution in [0, 0.1) is 0 Å². The van der Waals surface area contributed by atoms with Gasteiger partial charge in [-0.3, -0.25) is 0 Å². The Bertz CT molecular complexity index is 1190. The molecule has 0 spiro atoms. The zero-order chi connectivity index (χ0) is 21.5. The minimum absolute atomic E-state index is 0.110. The third kappa shape index (κ3) is 4.34. The molecule has 0 N–H and O–H groups in total. The minimum Gasteiger partial charge on any atom is -0.439 e. The van der Waals surface area contributed by atoms with E-state index >= 15 is 0 Å². The predicted octanol–water partition coefficient (Wildman–Crippen LogP) is 4.41. The molecule has 0 atom stereocenters. The number of benzene rings is 1. The van der Waals surface area contributed by atoms with Crippen molar-refractivity contribution in [2.45, 2.75) is 6.18 Å². The summed E-state index contributed by atoms with van der Waals surface area (Å²) in [6.45, 7) is 0.233. The number of hydrogen-bond donors (Lipinski definition) is 0. The molecule has 0 saturated heterocycles. The molecule has 3 heterocycles. The molecule has 0 aliphatic carbocycles. The molecule has 0 amide bonds. The van der Waals surface area contributed by atoms with Crippen LogP contribution < -0.4 is 4.74 Å². The highest BCUT2D eigenvalue weighted by Crippen LogP contribution is 2.33. The number of rotatable bonds is 3. The first kappa shape index (κ1) is 20.4. The Labute approximate surface area is 175 Å². The van der Waals surface area contributed by atoms with Crippen LogP contribution in [-0.4, -0.2) is 36.4 Å². The van der Waals surface area contributed by atoms with E-state index in [1.807, 2.05) is 0 Å². The molecule has 2 aliphatic heterocycles. The van der Waals surface area contributed by atoms with Crippen LogP contribution in [0.3, 0.4) is 0 Å². The zero-order valence-electron chi connectivity index (χ0n) is 15.1. The number of sulfonamides is 1. The number of allylic oxidation sites excluding steroid dienone is 2. The molecule has 1 aromatic carbocycles. The van der Waals surface area contributed by atoms with Crippen LogP contribution in [0.5, 0.6) is 11.6 Å². The SMILES string of the molecule is O=S1(=O)CCN2C=C(Cl)C=C(c3ccc(Oc4cc(C(F)(F)F)ccn4)cc3)C2=N1. The molecule has 0 radical (unpaired) electrons. The van der Waals surface area contributed by atoms with E-state index in [9.17, 15) is 21.6 Å². The molecule has 1 aromatic heterocycles. The van der Waals surface area contributed by atoms with Gasteiger partial charge >= 0.3 is 6.18 Å². The van der Waals surface area contributed by atoms with Gasteiger partial charge in [0.25, 0.3) is 10.0 Å². The molecular formula is C19H13ClF3N3O3S. The van der Waals surface area contributed by atoms with Crippen LogP contribution in [-0.2, 0) is 16.2 Å². The van der Waals surface area contributed by atoms with E-state index in [0.717, 1.165) is 18.3 Å². The first-order chi connectivity index (χ1) is 14.1. The van der Waals surface area contributed by atoms with Gasteiger partial charge in [0.15, 0.2) is 5.84 Å². The van der Waals surface area contributed by atoms with Crippen molar-refractivity contribution in [1.82, 2.24) is 9.88 Å². The maximum atomic E-state index is 12.8. The molecule has 0 saturated carbocycles. The van der Waals surface area contributed by atoms with Gasteiger partial charge in [-0.2, -0.15) is 13.2 Å². The highest BCUT2D eigenvalue weighted by Gasteiger charge is 2.31. The largest absolute Gasteiger partial charge is 0.439 e. The molecule has 4 rings (SSSR count). The molecule has 6 nitrogen and oxygen atoms in total. The number of fused-ring (bicyclic) bond motifs is 1. The van der Waals surface area contributed by atoms with Crippen LogP contribution in [0.2, 0.25) is 0 Å². The lowest BCUT2D eigenvalue weighted by Gasteiger charge is -2.30. The van der Waals surface area contributed by atoms with Gasteiger partial charge in [0.1, 0.15) is 5.75 Å². The van der Waals surface area contributed by atoms with Crippen molar-refractivity contribution >= 4 is 33.0 Å². The van der Waals surface area contributed by atoms with Gasteiger partial charge < -0.3 is 9.64 Å². The normalized spacial score (nSPS) is 18.1. The Hall–Kier alpha value is -2.85. The second-order valence-corrected chi connectivity index (χ2v) is 8.66. The van der Waals surface area contributed by atoms with E-state index in [0.29, 0.717) is 16.2 Å². The van der Waals surface area contributed by atoms with Crippen LogP contribution in [0.15, 0.2) is 64.3 Å². The number of alkyl halides is 3. The highest BCUT2D eigenvalue weighted by molar-refractivity contribution is 7.90. The monoisotopic (exact) mass is 455 g/mol. The summed E-state index contributed by atoms with van der Waals surface area (Å²) in [5.74, 6) is 0.216. The summed E-state index contributed by atoms with van der Waals surface area (Å²) in [5, 5.41) is 0.414. The lowest BCUT2D eigenvalue weighted by molar-refractivity contribution is -0.137. The maximum absolute atomic E-state index is 12.8. The van der Waals surface area contributed by atoms with Crippen LogP contribution in [0.4, 0.5) is 13.2 Å². The second-order valence-electron chi connectivity index (χ2n) is 6.47. The molecule has 0 unspecified atom stereocenters. The summed E-state index contributed by atoms with van der Waals surface area (Å²) in [4.78, 5) is 5.45. The first-order valence-corrected chi connectivity index (χ1v) is 10.6. The second kappa shape index (κ2) is 7.44. The van der Waals surface area contributed by atoms with Gasteiger partial charge in [0.2, 0.25) is 5.88 Å². The molecule has 30 heavy (non-hydrogen) atoms.